The fourth-order valence-corrected chi connectivity index (χ4v) is 4.77. The third-order valence-corrected chi connectivity index (χ3v) is 6.27. The minimum absolute atomic E-state index is 0.0726. The number of rotatable bonds is 2. The number of fused-ring (bicyclic) bond motifs is 3. The zero-order chi connectivity index (χ0) is 17.6. The van der Waals surface area contributed by atoms with Crippen molar-refractivity contribution >= 4 is 5.91 Å². The van der Waals surface area contributed by atoms with Gasteiger partial charge in [-0.25, -0.2) is 0 Å². The first kappa shape index (κ1) is 16.2. The number of amides is 1. The van der Waals surface area contributed by atoms with Crippen LogP contribution in [0.3, 0.4) is 0 Å². The molecule has 0 bridgehead atoms. The van der Waals surface area contributed by atoms with Gasteiger partial charge in [-0.1, -0.05) is 37.3 Å². The standard InChI is InChI=1S/C22H25NO2/c1-22-12-11-21(24)23(2)20(22)10-8-17-13-16(7-9-19(17)22)15-5-4-6-18(14-15)25-3/h4-7,9,13-14,20H,8,10-12H2,1-3H3/t20-,22-/m1/s1. The summed E-state index contributed by atoms with van der Waals surface area (Å²) in [6, 6.07) is 15.4. The molecule has 1 aliphatic heterocycles. The summed E-state index contributed by atoms with van der Waals surface area (Å²) < 4.78 is 5.36. The van der Waals surface area contributed by atoms with Gasteiger partial charge in [-0.2, -0.15) is 0 Å². The molecule has 1 aliphatic carbocycles. The van der Waals surface area contributed by atoms with E-state index in [2.05, 4.69) is 37.3 Å². The number of carbonyl (C=O) groups is 1. The number of methoxy groups -OCH3 is 1. The lowest BCUT2D eigenvalue weighted by atomic mass is 9.63. The molecule has 2 aromatic rings. The molecule has 0 N–H and O–H groups in total. The first-order valence-corrected chi connectivity index (χ1v) is 9.06. The van der Waals surface area contributed by atoms with Gasteiger partial charge in [-0.3, -0.25) is 4.79 Å². The molecule has 1 saturated heterocycles. The molecule has 0 aromatic heterocycles. The van der Waals surface area contributed by atoms with Crippen LogP contribution in [0, 0.1) is 0 Å². The van der Waals surface area contributed by atoms with Crippen molar-refractivity contribution in [2.45, 2.75) is 44.1 Å². The maximum absolute atomic E-state index is 12.1. The van der Waals surface area contributed by atoms with E-state index in [0.29, 0.717) is 18.4 Å². The van der Waals surface area contributed by atoms with Crippen molar-refractivity contribution in [2.75, 3.05) is 14.2 Å². The SMILES string of the molecule is COc1cccc(-c2ccc3c(c2)CC[C@H]2N(C)C(=O)CC[C@]32C)c1. The fourth-order valence-electron chi connectivity index (χ4n) is 4.77. The first-order valence-electron chi connectivity index (χ1n) is 9.06. The van der Waals surface area contributed by atoms with Gasteiger partial charge >= 0.3 is 0 Å². The molecule has 1 heterocycles. The lowest BCUT2D eigenvalue weighted by Crippen LogP contribution is -2.56. The van der Waals surface area contributed by atoms with E-state index < -0.39 is 0 Å². The van der Waals surface area contributed by atoms with Gasteiger partial charge in [0.1, 0.15) is 5.75 Å². The smallest absolute Gasteiger partial charge is 0.222 e. The molecule has 4 rings (SSSR count). The van der Waals surface area contributed by atoms with Crippen molar-refractivity contribution in [3.63, 3.8) is 0 Å². The van der Waals surface area contributed by atoms with E-state index >= 15 is 0 Å². The Morgan fingerprint density at radius 1 is 1.12 bits per heavy atom. The number of likely N-dealkylation sites (N-methyl/N-ethyl adjacent to an activating group) is 1. The molecule has 2 aromatic carbocycles. The number of hydrogen-bond donors (Lipinski definition) is 0. The lowest BCUT2D eigenvalue weighted by Gasteiger charge is -2.50. The van der Waals surface area contributed by atoms with E-state index in [4.69, 9.17) is 4.74 Å². The van der Waals surface area contributed by atoms with Crippen LogP contribution >= 0.6 is 0 Å². The Labute approximate surface area is 149 Å². The number of hydrogen-bond acceptors (Lipinski definition) is 2. The lowest BCUT2D eigenvalue weighted by molar-refractivity contribution is -0.138. The summed E-state index contributed by atoms with van der Waals surface area (Å²) in [5.41, 5.74) is 5.35. The zero-order valence-corrected chi connectivity index (χ0v) is 15.2. The van der Waals surface area contributed by atoms with Crippen LogP contribution < -0.4 is 4.74 Å². The second kappa shape index (κ2) is 5.91. The van der Waals surface area contributed by atoms with Crippen LogP contribution in [0.2, 0.25) is 0 Å². The summed E-state index contributed by atoms with van der Waals surface area (Å²) in [5.74, 6) is 1.17. The number of ether oxygens (including phenoxy) is 1. The van der Waals surface area contributed by atoms with Crippen LogP contribution in [0.15, 0.2) is 42.5 Å². The summed E-state index contributed by atoms with van der Waals surface area (Å²) in [7, 11) is 3.67. The first-order chi connectivity index (χ1) is 12.0. The highest BCUT2D eigenvalue weighted by Gasteiger charge is 2.46. The highest BCUT2D eigenvalue weighted by Crippen LogP contribution is 2.46. The monoisotopic (exact) mass is 335 g/mol. The number of aryl methyl sites for hydroxylation is 1. The summed E-state index contributed by atoms with van der Waals surface area (Å²) in [4.78, 5) is 14.1. The minimum atomic E-state index is 0.0726. The van der Waals surface area contributed by atoms with Crippen LogP contribution in [0.4, 0.5) is 0 Å². The van der Waals surface area contributed by atoms with E-state index in [-0.39, 0.29) is 5.41 Å². The van der Waals surface area contributed by atoms with E-state index in [0.717, 1.165) is 25.0 Å². The van der Waals surface area contributed by atoms with E-state index in [1.807, 2.05) is 24.1 Å². The van der Waals surface area contributed by atoms with Gasteiger partial charge < -0.3 is 9.64 Å². The highest BCUT2D eigenvalue weighted by atomic mass is 16.5. The Kier molecular flexibility index (Phi) is 3.82. The number of benzene rings is 2. The Hall–Kier alpha value is -2.29. The number of piperidine rings is 1. The molecule has 3 nitrogen and oxygen atoms in total. The van der Waals surface area contributed by atoms with E-state index in [1.54, 1.807) is 7.11 Å². The average Bonchev–Trinajstić information content (AvgIpc) is 2.65. The molecule has 0 unspecified atom stereocenters. The van der Waals surface area contributed by atoms with Crippen molar-refractivity contribution in [3.8, 4) is 16.9 Å². The normalized spacial score (nSPS) is 25.3. The molecule has 130 valence electrons. The van der Waals surface area contributed by atoms with Crippen LogP contribution in [0.5, 0.6) is 5.75 Å². The van der Waals surface area contributed by atoms with Gasteiger partial charge in [0.2, 0.25) is 5.91 Å². The fraction of sp³-hybridized carbons (Fsp3) is 0.409. The zero-order valence-electron chi connectivity index (χ0n) is 15.2. The quantitative estimate of drug-likeness (QED) is 0.824. The maximum atomic E-state index is 12.1. The van der Waals surface area contributed by atoms with Gasteiger partial charge in [0.05, 0.1) is 7.11 Å². The topological polar surface area (TPSA) is 29.5 Å². The third-order valence-electron chi connectivity index (χ3n) is 6.27. The summed E-state index contributed by atoms with van der Waals surface area (Å²) in [5, 5.41) is 0. The predicted molar refractivity (Wildman–Crippen MR) is 99.9 cm³/mol. The Morgan fingerprint density at radius 3 is 2.72 bits per heavy atom. The molecule has 0 radical (unpaired) electrons. The molecular formula is C22H25NO2. The molecule has 1 fully saturated rings. The van der Waals surface area contributed by atoms with Gasteiger partial charge in [0.15, 0.2) is 0 Å². The van der Waals surface area contributed by atoms with Crippen LogP contribution in [-0.4, -0.2) is 31.0 Å². The summed E-state index contributed by atoms with van der Waals surface area (Å²) in [6.45, 7) is 2.34. The number of nitrogens with zero attached hydrogens (tertiary/aromatic N) is 1. The Balaban J connectivity index is 1.74. The molecule has 1 amide bonds. The summed E-state index contributed by atoms with van der Waals surface area (Å²) >= 11 is 0. The Morgan fingerprint density at radius 2 is 1.92 bits per heavy atom. The second-order valence-corrected chi connectivity index (χ2v) is 7.58. The van der Waals surface area contributed by atoms with Crippen molar-refractivity contribution in [1.29, 1.82) is 0 Å². The van der Waals surface area contributed by atoms with Gasteiger partial charge in [0.25, 0.3) is 0 Å². The molecule has 0 saturated carbocycles. The van der Waals surface area contributed by atoms with Gasteiger partial charge in [-0.05, 0) is 53.6 Å². The average molecular weight is 335 g/mol. The third kappa shape index (κ3) is 2.53. The Bertz CT molecular complexity index is 829. The largest absolute Gasteiger partial charge is 0.497 e. The minimum Gasteiger partial charge on any atom is -0.497 e. The van der Waals surface area contributed by atoms with Crippen LogP contribution in [-0.2, 0) is 16.6 Å². The predicted octanol–water partition coefficient (Wildman–Crippen LogP) is 4.19. The molecule has 2 atom stereocenters. The highest BCUT2D eigenvalue weighted by molar-refractivity contribution is 5.78. The number of likely N-dealkylation sites (tertiary alicyclic amines) is 1. The molecule has 3 heteroatoms. The molecular weight excluding hydrogens is 310 g/mol. The molecule has 0 spiro atoms. The van der Waals surface area contributed by atoms with Gasteiger partial charge in [0, 0.05) is 24.9 Å². The van der Waals surface area contributed by atoms with Crippen molar-refractivity contribution in [3.05, 3.63) is 53.6 Å². The van der Waals surface area contributed by atoms with Crippen LogP contribution in [0.25, 0.3) is 11.1 Å². The van der Waals surface area contributed by atoms with Gasteiger partial charge in [-0.15, -0.1) is 0 Å². The molecule has 25 heavy (non-hydrogen) atoms. The van der Waals surface area contributed by atoms with Crippen molar-refractivity contribution < 1.29 is 9.53 Å². The van der Waals surface area contributed by atoms with E-state index in [9.17, 15) is 4.79 Å². The molecule has 2 aliphatic rings. The second-order valence-electron chi connectivity index (χ2n) is 7.58. The van der Waals surface area contributed by atoms with E-state index in [1.165, 1.54) is 22.3 Å². The van der Waals surface area contributed by atoms with Crippen LogP contribution in [0.1, 0.15) is 37.3 Å². The van der Waals surface area contributed by atoms with Crippen molar-refractivity contribution in [1.82, 2.24) is 4.90 Å². The summed E-state index contributed by atoms with van der Waals surface area (Å²) in [6.07, 6.45) is 3.69. The number of carbonyl (C=O) groups excluding carboxylic acids is 1. The maximum Gasteiger partial charge on any atom is 0.222 e. The van der Waals surface area contributed by atoms with Crippen molar-refractivity contribution in [2.24, 2.45) is 0 Å².